The van der Waals surface area contributed by atoms with Crippen molar-refractivity contribution in [2.24, 2.45) is 5.10 Å². The number of rotatable bonds is 6. The fourth-order valence-electron chi connectivity index (χ4n) is 2.06. The molecular weight excluding hydrogens is 286 g/mol. The minimum absolute atomic E-state index is 0.0849. The zero-order valence-corrected chi connectivity index (χ0v) is 13.2. The second-order valence-electron chi connectivity index (χ2n) is 4.82. The lowest BCUT2D eigenvalue weighted by Gasteiger charge is -2.21. The van der Waals surface area contributed by atoms with Crippen molar-refractivity contribution in [3.8, 4) is 0 Å². The average molecular weight is 307 g/mol. The Morgan fingerprint density at radius 2 is 2.09 bits per heavy atom. The van der Waals surface area contributed by atoms with E-state index in [-0.39, 0.29) is 12.1 Å². The van der Waals surface area contributed by atoms with Gasteiger partial charge in [-0.1, -0.05) is 19.1 Å². The molecule has 1 aromatic carbocycles. The summed E-state index contributed by atoms with van der Waals surface area (Å²) in [7, 11) is 4.46. The second-order valence-corrected chi connectivity index (χ2v) is 4.82. The van der Waals surface area contributed by atoms with E-state index in [0.717, 1.165) is 22.6 Å². The Morgan fingerprint density at radius 1 is 1.41 bits per heavy atom. The van der Waals surface area contributed by atoms with E-state index in [1.165, 1.54) is 14.2 Å². The monoisotopic (exact) mass is 307 g/mol. The van der Waals surface area contributed by atoms with Gasteiger partial charge in [-0.25, -0.2) is 5.06 Å². The number of carbonyl (C=O) groups excluding carboxylic acids is 1. The number of hydrogen-bond acceptors (Lipinski definition) is 6. The molecule has 1 heterocycles. The molecule has 0 radical (unpaired) electrons. The normalized spacial score (nSPS) is 18.2. The Labute approximate surface area is 129 Å². The van der Waals surface area contributed by atoms with Gasteiger partial charge in [-0.2, -0.15) is 0 Å². The number of carbonyl (C=O) groups is 1. The van der Waals surface area contributed by atoms with Crippen LogP contribution in [-0.4, -0.2) is 44.4 Å². The molecule has 0 bridgehead atoms. The van der Waals surface area contributed by atoms with Crippen molar-refractivity contribution >= 4 is 11.8 Å². The molecule has 7 nitrogen and oxygen atoms in total. The van der Waals surface area contributed by atoms with Crippen LogP contribution in [0.3, 0.4) is 0 Å². The maximum atomic E-state index is 12.1. The van der Waals surface area contributed by atoms with Gasteiger partial charge in [-0.05, 0) is 17.7 Å². The van der Waals surface area contributed by atoms with Gasteiger partial charge in [0.25, 0.3) is 5.91 Å². The molecule has 2 rings (SSSR count). The quantitative estimate of drug-likeness (QED) is 0.805. The van der Waals surface area contributed by atoms with Gasteiger partial charge < -0.3 is 9.47 Å². The molecule has 1 aliphatic heterocycles. The standard InChI is InChI=1S/C15H21N3O4/c1-5-12-16-17-14(22-12)11-8-6-10(7-9-11)13(20-3)15(19)18(2)21-4/h6-9,12-13,16H,5H2,1-4H3. The van der Waals surface area contributed by atoms with Crippen LogP contribution in [0.4, 0.5) is 0 Å². The Morgan fingerprint density at radius 3 is 2.59 bits per heavy atom. The molecule has 0 spiro atoms. The molecule has 0 fully saturated rings. The third kappa shape index (κ3) is 3.37. The van der Waals surface area contributed by atoms with Crippen LogP contribution in [0.1, 0.15) is 30.6 Å². The second kappa shape index (κ2) is 7.24. The third-order valence-corrected chi connectivity index (χ3v) is 3.44. The van der Waals surface area contributed by atoms with E-state index in [9.17, 15) is 4.79 Å². The number of likely N-dealkylation sites (N-methyl/N-ethyl adjacent to an activating group) is 1. The number of hydrogen-bond donors (Lipinski definition) is 1. The summed E-state index contributed by atoms with van der Waals surface area (Å²) in [6, 6.07) is 7.33. The smallest absolute Gasteiger partial charge is 0.279 e. The minimum Gasteiger partial charge on any atom is -0.451 e. The highest BCUT2D eigenvalue weighted by Crippen LogP contribution is 2.21. The van der Waals surface area contributed by atoms with E-state index in [0.29, 0.717) is 5.90 Å². The molecule has 2 atom stereocenters. The number of ether oxygens (including phenoxy) is 2. The lowest BCUT2D eigenvalue weighted by Crippen LogP contribution is -2.31. The first-order chi connectivity index (χ1) is 10.6. The molecule has 22 heavy (non-hydrogen) atoms. The van der Waals surface area contributed by atoms with Crippen LogP contribution >= 0.6 is 0 Å². The number of benzene rings is 1. The molecule has 0 aromatic heterocycles. The summed E-state index contributed by atoms with van der Waals surface area (Å²) in [5, 5.41) is 5.29. The van der Waals surface area contributed by atoms with Crippen LogP contribution in [0.5, 0.6) is 0 Å². The molecule has 1 N–H and O–H groups in total. The molecule has 1 aromatic rings. The molecule has 2 unspecified atom stereocenters. The Kier molecular flexibility index (Phi) is 5.35. The average Bonchev–Trinajstić information content (AvgIpc) is 3.04. The maximum Gasteiger partial charge on any atom is 0.279 e. The summed E-state index contributed by atoms with van der Waals surface area (Å²) >= 11 is 0. The fraction of sp³-hybridized carbons (Fsp3) is 0.467. The van der Waals surface area contributed by atoms with E-state index in [1.807, 2.05) is 31.2 Å². The van der Waals surface area contributed by atoms with Crippen molar-refractivity contribution in [1.82, 2.24) is 10.5 Å². The van der Waals surface area contributed by atoms with Crippen molar-refractivity contribution in [3.63, 3.8) is 0 Å². The summed E-state index contributed by atoms with van der Waals surface area (Å²) in [6.45, 7) is 2.01. The number of nitrogens with one attached hydrogen (secondary N) is 1. The van der Waals surface area contributed by atoms with Gasteiger partial charge in [-0.3, -0.25) is 15.1 Å². The lowest BCUT2D eigenvalue weighted by molar-refractivity contribution is -0.179. The molecule has 1 amide bonds. The predicted octanol–water partition coefficient (Wildman–Crippen LogP) is 1.41. The molecule has 0 saturated heterocycles. The van der Waals surface area contributed by atoms with Gasteiger partial charge in [0, 0.05) is 26.1 Å². The van der Waals surface area contributed by atoms with Gasteiger partial charge in [0.2, 0.25) is 5.90 Å². The Hall–Kier alpha value is -2.12. The molecule has 7 heteroatoms. The lowest BCUT2D eigenvalue weighted by atomic mass is 10.1. The van der Waals surface area contributed by atoms with Crippen LogP contribution in [0.25, 0.3) is 0 Å². The van der Waals surface area contributed by atoms with E-state index < -0.39 is 6.10 Å². The number of amides is 1. The van der Waals surface area contributed by atoms with Gasteiger partial charge in [0.1, 0.15) is 0 Å². The van der Waals surface area contributed by atoms with Crippen molar-refractivity contribution in [2.45, 2.75) is 25.7 Å². The maximum absolute atomic E-state index is 12.1. The van der Waals surface area contributed by atoms with Crippen LogP contribution in [0, 0.1) is 0 Å². The van der Waals surface area contributed by atoms with Crippen molar-refractivity contribution in [2.75, 3.05) is 21.3 Å². The summed E-state index contributed by atoms with van der Waals surface area (Å²) in [5.74, 6) is 0.271. The van der Waals surface area contributed by atoms with Crippen molar-refractivity contribution < 1.29 is 19.1 Å². The van der Waals surface area contributed by atoms with E-state index >= 15 is 0 Å². The number of hydroxylamine groups is 2. The highest BCUT2D eigenvalue weighted by molar-refractivity contribution is 5.95. The van der Waals surface area contributed by atoms with Crippen molar-refractivity contribution in [1.29, 1.82) is 0 Å². The largest absolute Gasteiger partial charge is 0.451 e. The summed E-state index contributed by atoms with van der Waals surface area (Å²) in [5.41, 5.74) is 4.49. The van der Waals surface area contributed by atoms with Crippen LogP contribution < -0.4 is 5.43 Å². The Bertz CT molecular complexity index is 544. The number of hydrazone groups is 1. The molecule has 120 valence electrons. The number of nitrogens with zero attached hydrogens (tertiary/aromatic N) is 2. The van der Waals surface area contributed by atoms with E-state index in [4.69, 9.17) is 14.3 Å². The fourth-order valence-corrected chi connectivity index (χ4v) is 2.06. The topological polar surface area (TPSA) is 72.4 Å². The zero-order chi connectivity index (χ0) is 16.1. The molecule has 1 aliphatic rings. The Balaban J connectivity index is 2.12. The highest BCUT2D eigenvalue weighted by Gasteiger charge is 2.25. The van der Waals surface area contributed by atoms with E-state index in [1.54, 1.807) is 7.05 Å². The summed E-state index contributed by atoms with van der Waals surface area (Å²) < 4.78 is 10.9. The summed E-state index contributed by atoms with van der Waals surface area (Å²) in [4.78, 5) is 17.0. The van der Waals surface area contributed by atoms with Gasteiger partial charge in [-0.15, -0.1) is 5.10 Å². The first-order valence-corrected chi connectivity index (χ1v) is 7.05. The first-order valence-electron chi connectivity index (χ1n) is 7.05. The van der Waals surface area contributed by atoms with Crippen LogP contribution in [0.15, 0.2) is 29.4 Å². The molecule has 0 saturated carbocycles. The zero-order valence-electron chi connectivity index (χ0n) is 13.2. The van der Waals surface area contributed by atoms with E-state index in [2.05, 4.69) is 10.5 Å². The number of methoxy groups -OCH3 is 1. The van der Waals surface area contributed by atoms with Crippen LogP contribution in [0.2, 0.25) is 0 Å². The van der Waals surface area contributed by atoms with Crippen LogP contribution in [-0.2, 0) is 19.1 Å². The first kappa shape index (κ1) is 16.3. The summed E-state index contributed by atoms with van der Waals surface area (Å²) in [6.07, 6.45) is 0.0274. The predicted molar refractivity (Wildman–Crippen MR) is 80.8 cm³/mol. The van der Waals surface area contributed by atoms with Gasteiger partial charge in [0.15, 0.2) is 12.3 Å². The highest BCUT2D eigenvalue weighted by atomic mass is 16.7. The third-order valence-electron chi connectivity index (χ3n) is 3.44. The van der Waals surface area contributed by atoms with Crippen molar-refractivity contribution in [3.05, 3.63) is 35.4 Å². The molecular formula is C15H21N3O4. The molecule has 0 aliphatic carbocycles. The minimum atomic E-state index is -0.716. The SMILES string of the molecule is CCC1NN=C(c2ccc(C(OC)C(=O)N(C)OC)cc2)O1. The van der Waals surface area contributed by atoms with Gasteiger partial charge in [0.05, 0.1) is 7.11 Å². The van der Waals surface area contributed by atoms with Gasteiger partial charge >= 0.3 is 0 Å².